The smallest absolute Gasteiger partial charge is 0.324 e. The van der Waals surface area contributed by atoms with Gasteiger partial charge in [-0.05, 0) is 42.8 Å². The number of hydrogen-bond donors (Lipinski definition) is 0. The lowest BCUT2D eigenvalue weighted by Crippen LogP contribution is -2.42. The number of alkyl halides is 3. The van der Waals surface area contributed by atoms with Crippen molar-refractivity contribution in [1.29, 1.82) is 0 Å². The summed E-state index contributed by atoms with van der Waals surface area (Å²) >= 11 is 5.93. The molecule has 27 heavy (non-hydrogen) atoms. The Morgan fingerprint density at radius 3 is 2.52 bits per heavy atom. The van der Waals surface area contributed by atoms with Crippen molar-refractivity contribution in [2.75, 3.05) is 18.1 Å². The van der Waals surface area contributed by atoms with Crippen LogP contribution in [0.4, 0.5) is 18.9 Å². The van der Waals surface area contributed by atoms with Crippen molar-refractivity contribution >= 4 is 29.1 Å². The average molecular weight is 397 g/mol. The first-order valence-corrected chi connectivity index (χ1v) is 8.66. The SMILES string of the molecule is O=C1CCCN1CN(C(=O)c1cccc(Cl)c1)c1cccc(C(F)(F)F)c1. The van der Waals surface area contributed by atoms with Gasteiger partial charge < -0.3 is 4.90 Å². The predicted octanol–water partition coefficient (Wildman–Crippen LogP) is 4.59. The van der Waals surface area contributed by atoms with Crippen LogP contribution < -0.4 is 4.90 Å². The molecule has 2 aromatic rings. The van der Waals surface area contributed by atoms with E-state index in [0.717, 1.165) is 12.1 Å². The van der Waals surface area contributed by atoms with Crippen LogP contribution in [0.5, 0.6) is 0 Å². The molecule has 0 N–H and O–H groups in total. The fraction of sp³-hybridized carbons (Fsp3) is 0.263. The van der Waals surface area contributed by atoms with Crippen molar-refractivity contribution in [1.82, 2.24) is 4.90 Å². The molecule has 0 atom stereocenters. The maximum Gasteiger partial charge on any atom is 0.416 e. The molecule has 0 aliphatic carbocycles. The Labute approximate surface area is 159 Å². The molecule has 2 aromatic carbocycles. The van der Waals surface area contributed by atoms with Crippen molar-refractivity contribution in [2.45, 2.75) is 19.0 Å². The molecule has 1 heterocycles. The van der Waals surface area contributed by atoms with Crippen LogP contribution in [0.1, 0.15) is 28.8 Å². The summed E-state index contributed by atoms with van der Waals surface area (Å²) in [6.07, 6.45) is -3.52. The third-order valence-corrected chi connectivity index (χ3v) is 4.52. The largest absolute Gasteiger partial charge is 0.416 e. The van der Waals surface area contributed by atoms with Crippen molar-refractivity contribution in [3.8, 4) is 0 Å². The lowest BCUT2D eigenvalue weighted by atomic mass is 10.1. The van der Waals surface area contributed by atoms with Crippen molar-refractivity contribution < 1.29 is 22.8 Å². The number of hydrogen-bond acceptors (Lipinski definition) is 2. The summed E-state index contributed by atoms with van der Waals surface area (Å²) in [4.78, 5) is 27.6. The van der Waals surface area contributed by atoms with Crippen LogP contribution in [0.2, 0.25) is 5.02 Å². The van der Waals surface area contributed by atoms with Gasteiger partial charge in [0, 0.05) is 29.2 Å². The van der Waals surface area contributed by atoms with Gasteiger partial charge in [0.15, 0.2) is 0 Å². The zero-order valence-electron chi connectivity index (χ0n) is 14.2. The molecule has 1 saturated heterocycles. The fourth-order valence-corrected chi connectivity index (χ4v) is 3.11. The maximum atomic E-state index is 13.1. The zero-order chi connectivity index (χ0) is 19.6. The Hall–Kier alpha value is -2.54. The molecule has 4 nitrogen and oxygen atoms in total. The first kappa shape index (κ1) is 19.2. The van der Waals surface area contributed by atoms with Gasteiger partial charge in [-0.15, -0.1) is 0 Å². The first-order chi connectivity index (χ1) is 12.8. The van der Waals surface area contributed by atoms with E-state index in [1.54, 1.807) is 12.1 Å². The summed E-state index contributed by atoms with van der Waals surface area (Å²) in [6, 6.07) is 10.6. The Morgan fingerprint density at radius 2 is 1.89 bits per heavy atom. The summed E-state index contributed by atoms with van der Waals surface area (Å²) in [5.74, 6) is -0.664. The summed E-state index contributed by atoms with van der Waals surface area (Å²) in [7, 11) is 0. The van der Waals surface area contributed by atoms with E-state index in [1.807, 2.05) is 0 Å². The van der Waals surface area contributed by atoms with Crippen LogP contribution in [0.15, 0.2) is 48.5 Å². The minimum atomic E-state index is -4.54. The number of benzene rings is 2. The van der Waals surface area contributed by atoms with Crippen LogP contribution in [0.25, 0.3) is 0 Å². The van der Waals surface area contributed by atoms with Crippen LogP contribution in [-0.4, -0.2) is 29.9 Å². The molecule has 0 bridgehead atoms. The van der Waals surface area contributed by atoms with E-state index < -0.39 is 17.6 Å². The van der Waals surface area contributed by atoms with Crippen molar-refractivity contribution in [2.24, 2.45) is 0 Å². The highest BCUT2D eigenvalue weighted by atomic mass is 35.5. The summed E-state index contributed by atoms with van der Waals surface area (Å²) in [6.45, 7) is 0.336. The van der Waals surface area contributed by atoms with Gasteiger partial charge in [0.1, 0.15) is 6.67 Å². The molecular weight excluding hydrogens is 381 g/mol. The van der Waals surface area contributed by atoms with Crippen LogP contribution in [-0.2, 0) is 11.0 Å². The maximum absolute atomic E-state index is 13.1. The molecule has 3 rings (SSSR count). The standard InChI is InChI=1S/C19H16ClF3N2O2/c20-15-6-1-4-13(10-15)18(27)25(12-24-9-3-8-17(24)26)16-7-2-5-14(11-16)19(21,22)23/h1-2,4-7,10-11H,3,8-9,12H2. The zero-order valence-corrected chi connectivity index (χ0v) is 14.9. The molecule has 142 valence electrons. The molecule has 1 aliphatic heterocycles. The number of nitrogens with zero attached hydrogens (tertiary/aromatic N) is 2. The fourth-order valence-electron chi connectivity index (χ4n) is 2.91. The lowest BCUT2D eigenvalue weighted by molar-refractivity contribution is -0.137. The summed E-state index contributed by atoms with van der Waals surface area (Å²) in [5.41, 5.74) is -0.572. The number of carbonyl (C=O) groups excluding carboxylic acids is 2. The Morgan fingerprint density at radius 1 is 1.15 bits per heavy atom. The second-order valence-corrected chi connectivity index (χ2v) is 6.63. The lowest BCUT2D eigenvalue weighted by Gasteiger charge is -2.28. The number of likely N-dealkylation sites (tertiary alicyclic amines) is 1. The van der Waals surface area contributed by atoms with Gasteiger partial charge in [-0.3, -0.25) is 14.5 Å². The van der Waals surface area contributed by atoms with Crippen molar-refractivity contribution in [3.05, 3.63) is 64.7 Å². The minimum Gasteiger partial charge on any atom is -0.324 e. The van der Waals surface area contributed by atoms with E-state index in [1.165, 1.54) is 34.1 Å². The monoisotopic (exact) mass is 396 g/mol. The molecule has 0 unspecified atom stereocenters. The van der Waals surface area contributed by atoms with E-state index in [0.29, 0.717) is 24.4 Å². The molecule has 0 spiro atoms. The van der Waals surface area contributed by atoms with Gasteiger partial charge in [-0.25, -0.2) is 0 Å². The second-order valence-electron chi connectivity index (χ2n) is 6.19. The van der Waals surface area contributed by atoms with E-state index in [2.05, 4.69) is 0 Å². The number of anilines is 1. The van der Waals surface area contributed by atoms with Gasteiger partial charge in [0.25, 0.3) is 5.91 Å². The third-order valence-electron chi connectivity index (χ3n) is 4.29. The molecule has 1 fully saturated rings. The number of amides is 2. The van der Waals surface area contributed by atoms with Gasteiger partial charge in [0.2, 0.25) is 5.91 Å². The molecule has 0 saturated carbocycles. The number of carbonyl (C=O) groups is 2. The quantitative estimate of drug-likeness (QED) is 0.758. The van der Waals surface area contributed by atoms with E-state index in [4.69, 9.17) is 11.6 Å². The molecule has 8 heteroatoms. The second kappa shape index (κ2) is 7.60. The van der Waals surface area contributed by atoms with Gasteiger partial charge >= 0.3 is 6.18 Å². The van der Waals surface area contributed by atoms with E-state index >= 15 is 0 Å². The average Bonchev–Trinajstić information content (AvgIpc) is 3.03. The highest BCUT2D eigenvalue weighted by Crippen LogP contribution is 2.32. The molecule has 1 aliphatic rings. The molecule has 0 aromatic heterocycles. The van der Waals surface area contributed by atoms with Crippen LogP contribution >= 0.6 is 11.6 Å². The van der Waals surface area contributed by atoms with E-state index in [-0.39, 0.29) is 23.8 Å². The van der Waals surface area contributed by atoms with Crippen molar-refractivity contribution in [3.63, 3.8) is 0 Å². The molecular formula is C19H16ClF3N2O2. The summed E-state index contributed by atoms with van der Waals surface area (Å²) in [5, 5.41) is 0.335. The van der Waals surface area contributed by atoms with Gasteiger partial charge in [0.05, 0.1) is 5.56 Å². The summed E-state index contributed by atoms with van der Waals surface area (Å²) < 4.78 is 39.3. The molecule has 0 radical (unpaired) electrons. The highest BCUT2D eigenvalue weighted by Gasteiger charge is 2.32. The Kier molecular flexibility index (Phi) is 5.41. The third kappa shape index (κ3) is 4.42. The van der Waals surface area contributed by atoms with Crippen LogP contribution in [0, 0.1) is 0 Å². The van der Waals surface area contributed by atoms with E-state index in [9.17, 15) is 22.8 Å². The van der Waals surface area contributed by atoms with Crippen LogP contribution in [0.3, 0.4) is 0 Å². The van der Waals surface area contributed by atoms with Gasteiger partial charge in [-0.1, -0.05) is 23.7 Å². The minimum absolute atomic E-state index is 0.0644. The normalized spacial score (nSPS) is 14.5. The highest BCUT2D eigenvalue weighted by molar-refractivity contribution is 6.31. The molecule has 2 amide bonds. The predicted molar refractivity (Wildman–Crippen MR) is 95.5 cm³/mol. The number of rotatable bonds is 4. The van der Waals surface area contributed by atoms with Gasteiger partial charge in [-0.2, -0.15) is 13.2 Å². The topological polar surface area (TPSA) is 40.6 Å². The Bertz CT molecular complexity index is 870. The first-order valence-electron chi connectivity index (χ1n) is 8.28. The Balaban J connectivity index is 1.99. The number of halogens is 4.